The van der Waals surface area contributed by atoms with Crippen LogP contribution in [0.1, 0.15) is 9.78 Å². The van der Waals surface area contributed by atoms with Gasteiger partial charge in [-0.05, 0) is 0 Å². The molecule has 0 rings (SSSR count). The maximum atomic E-state index is 9.00. The molecule has 30 valence electrons. The summed E-state index contributed by atoms with van der Waals surface area (Å²) in [4.78, 5) is 9.00. The summed E-state index contributed by atoms with van der Waals surface area (Å²) >= 11 is 0. The Balaban J connectivity index is -0.0000000150. The molecule has 5 heavy (non-hydrogen) atoms. The minimum absolute atomic E-state index is 0. The van der Waals surface area contributed by atoms with Crippen LogP contribution in [0.15, 0.2) is 0 Å². The molecule has 0 unspecified atom stereocenters. The van der Waals surface area contributed by atoms with Gasteiger partial charge in [-0.25, -0.2) is 0 Å². The van der Waals surface area contributed by atoms with Crippen molar-refractivity contribution in [2.45, 2.75) is 6.92 Å². The van der Waals surface area contributed by atoms with Crippen LogP contribution in [0.2, 0.25) is 0 Å². The second-order valence-electron chi connectivity index (χ2n) is 0.519. The van der Waals surface area contributed by atoms with Crippen molar-refractivity contribution >= 4 is 5.97 Å². The monoisotopic (exact) mass is 128 g/mol. The molecule has 0 aliphatic rings. The van der Waals surface area contributed by atoms with E-state index >= 15 is 0 Å². The van der Waals surface area contributed by atoms with Crippen molar-refractivity contribution in [1.29, 1.82) is 0 Å². The molecule has 0 aliphatic carbocycles. The first-order chi connectivity index (χ1) is 1.73. The van der Waals surface area contributed by atoms with Crippen molar-refractivity contribution in [2.75, 3.05) is 0 Å². The summed E-state index contributed by atoms with van der Waals surface area (Å²) in [6.07, 6.45) is 0. The molecule has 0 aliphatic heterocycles. The Morgan fingerprint density at radius 1 is 2.00 bits per heavy atom. The molecular weight excluding hydrogens is 121 g/mol. The Bertz CT molecular complexity index is 36.7. The van der Waals surface area contributed by atoms with Crippen LogP contribution in [-0.2, 0) is 24.3 Å². The van der Waals surface area contributed by atoms with E-state index in [9.17, 15) is 0 Å². The Hall–Kier alpha value is 0.0934. The van der Waals surface area contributed by atoms with Gasteiger partial charge in [-0.1, -0.05) is 0 Å². The van der Waals surface area contributed by atoms with Gasteiger partial charge in [0.2, 0.25) is 0 Å². The fourth-order valence-electron chi connectivity index (χ4n) is 0. The summed E-state index contributed by atoms with van der Waals surface area (Å²) in [5.41, 5.74) is 0. The van der Waals surface area contributed by atoms with E-state index in [4.69, 9.17) is 9.90 Å². The number of aliphatic carboxylic acids is 1. The van der Waals surface area contributed by atoms with E-state index in [0.717, 1.165) is 6.92 Å². The normalized spacial score (nSPS) is 5.00. The Morgan fingerprint density at radius 3 is 2.00 bits per heavy atom. The van der Waals surface area contributed by atoms with Crippen molar-refractivity contribution in [3.05, 3.63) is 0 Å². The number of carboxylic acids is 1. The standard InChI is InChI=1S/C2H4O2.Zn.2H2/c1-2(3)4;;;/h1H3,(H,3,4);;2*1H. The summed E-state index contributed by atoms with van der Waals surface area (Å²) in [6, 6.07) is 0. The van der Waals surface area contributed by atoms with Crippen molar-refractivity contribution in [1.82, 2.24) is 0 Å². The molecule has 0 saturated heterocycles. The average Bonchev–Trinajstić information content (AvgIpc) is 0.811. The summed E-state index contributed by atoms with van der Waals surface area (Å²) in [7, 11) is 0. The zero-order valence-corrected chi connectivity index (χ0v) is 6.03. The van der Waals surface area contributed by atoms with Gasteiger partial charge in [0.1, 0.15) is 0 Å². The molecular formula is C2H8O2Zn. The predicted octanol–water partition coefficient (Wildman–Crippen LogP) is 0.580. The van der Waals surface area contributed by atoms with Crippen molar-refractivity contribution < 1.29 is 32.2 Å². The molecule has 0 spiro atoms. The first-order valence-electron chi connectivity index (χ1n) is 0.928. The van der Waals surface area contributed by atoms with Crippen molar-refractivity contribution in [2.24, 2.45) is 0 Å². The van der Waals surface area contributed by atoms with Crippen LogP contribution in [0.4, 0.5) is 0 Å². The van der Waals surface area contributed by atoms with E-state index < -0.39 is 5.97 Å². The number of rotatable bonds is 0. The summed E-state index contributed by atoms with van der Waals surface area (Å²) in [5, 5.41) is 7.42. The smallest absolute Gasteiger partial charge is 0.300 e. The zero-order valence-electron chi connectivity index (χ0n) is 3.06. The molecule has 3 heteroatoms. The van der Waals surface area contributed by atoms with Crippen LogP contribution in [0.3, 0.4) is 0 Å². The van der Waals surface area contributed by atoms with Gasteiger partial charge in [0, 0.05) is 29.3 Å². The number of carboxylic acid groups (broad SMARTS) is 1. The first kappa shape index (κ1) is 8.92. The Kier molecular flexibility index (Phi) is 7.30. The second kappa shape index (κ2) is 4.09. The van der Waals surface area contributed by atoms with E-state index in [1.54, 1.807) is 0 Å². The predicted molar refractivity (Wildman–Crippen MR) is 17.5 cm³/mol. The van der Waals surface area contributed by atoms with E-state index in [2.05, 4.69) is 0 Å². The van der Waals surface area contributed by atoms with Gasteiger partial charge in [0.25, 0.3) is 5.97 Å². The van der Waals surface area contributed by atoms with E-state index in [1.807, 2.05) is 0 Å². The van der Waals surface area contributed by atoms with Crippen LogP contribution in [-0.4, -0.2) is 11.1 Å². The quantitative estimate of drug-likeness (QED) is 0.486. The molecule has 0 aromatic rings. The Morgan fingerprint density at radius 2 is 2.00 bits per heavy atom. The van der Waals surface area contributed by atoms with Gasteiger partial charge < -0.3 is 5.11 Å². The molecule has 0 atom stereocenters. The molecule has 0 saturated carbocycles. The number of carbonyl (C=O) groups is 1. The van der Waals surface area contributed by atoms with Crippen LogP contribution in [0.25, 0.3) is 0 Å². The topological polar surface area (TPSA) is 37.3 Å². The minimum atomic E-state index is -0.833. The molecule has 0 heterocycles. The Labute approximate surface area is 45.9 Å². The fourth-order valence-corrected chi connectivity index (χ4v) is 0. The molecule has 0 fully saturated rings. The third-order valence-corrected chi connectivity index (χ3v) is 0. The van der Waals surface area contributed by atoms with Crippen LogP contribution in [0.5, 0.6) is 0 Å². The van der Waals surface area contributed by atoms with Gasteiger partial charge in [-0.2, -0.15) is 0 Å². The third kappa shape index (κ3) is 2060. The van der Waals surface area contributed by atoms with Gasteiger partial charge >= 0.3 is 0 Å². The molecule has 0 bridgehead atoms. The van der Waals surface area contributed by atoms with Crippen LogP contribution < -0.4 is 0 Å². The van der Waals surface area contributed by atoms with E-state index in [-0.39, 0.29) is 22.3 Å². The van der Waals surface area contributed by atoms with Crippen LogP contribution in [0, 0.1) is 0 Å². The van der Waals surface area contributed by atoms with Crippen LogP contribution >= 0.6 is 0 Å². The van der Waals surface area contributed by atoms with Crippen molar-refractivity contribution in [3.8, 4) is 0 Å². The number of hydrogen-bond acceptors (Lipinski definition) is 1. The molecule has 1 N–H and O–H groups in total. The molecule has 0 amide bonds. The maximum absolute atomic E-state index is 9.00. The average molecular weight is 129 g/mol. The summed E-state index contributed by atoms with van der Waals surface area (Å²) < 4.78 is 0. The zero-order chi connectivity index (χ0) is 3.58. The fraction of sp³-hybridized carbons (Fsp3) is 0.500. The largest absolute Gasteiger partial charge is 0.481 e. The van der Waals surface area contributed by atoms with E-state index in [1.165, 1.54) is 0 Å². The summed E-state index contributed by atoms with van der Waals surface area (Å²) in [5.74, 6) is -0.833. The van der Waals surface area contributed by atoms with E-state index in [0.29, 0.717) is 0 Å². The molecule has 0 aromatic heterocycles. The van der Waals surface area contributed by atoms with Gasteiger partial charge in [-0.15, -0.1) is 0 Å². The molecule has 0 radical (unpaired) electrons. The van der Waals surface area contributed by atoms with Gasteiger partial charge in [-0.3, -0.25) is 4.79 Å². The molecule has 2 nitrogen and oxygen atoms in total. The van der Waals surface area contributed by atoms with Gasteiger partial charge in [0.05, 0.1) is 0 Å². The maximum Gasteiger partial charge on any atom is 0.300 e. The van der Waals surface area contributed by atoms with Gasteiger partial charge in [0.15, 0.2) is 0 Å². The first-order valence-corrected chi connectivity index (χ1v) is 0.928. The number of hydrogen-bond donors (Lipinski definition) is 1. The molecule has 0 aromatic carbocycles. The minimum Gasteiger partial charge on any atom is -0.481 e. The third-order valence-electron chi connectivity index (χ3n) is 0. The summed E-state index contributed by atoms with van der Waals surface area (Å²) in [6.45, 7) is 1.08. The van der Waals surface area contributed by atoms with Crippen molar-refractivity contribution in [3.63, 3.8) is 0 Å². The SMILES string of the molecule is CC(=O)O.[HH].[HH].[Zn]. The second-order valence-corrected chi connectivity index (χ2v) is 0.519.